The molecule has 17 heavy (non-hydrogen) atoms. The number of halogens is 1. The summed E-state index contributed by atoms with van der Waals surface area (Å²) in [5.41, 5.74) is -0.158. The number of carboxylic acid groups (broad SMARTS) is 1. The summed E-state index contributed by atoms with van der Waals surface area (Å²) in [4.78, 5) is 20.8. The molecule has 0 fully saturated rings. The summed E-state index contributed by atoms with van der Waals surface area (Å²) < 4.78 is 5.62. The van der Waals surface area contributed by atoms with Crippen molar-refractivity contribution >= 4 is 27.6 Å². The number of rotatable bonds is 5. The molecule has 1 aromatic rings. The van der Waals surface area contributed by atoms with Crippen molar-refractivity contribution in [3.8, 4) is 5.75 Å². The summed E-state index contributed by atoms with van der Waals surface area (Å²) in [6, 6.07) is 3.99. The molecule has 0 radical (unpaired) electrons. The van der Waals surface area contributed by atoms with Crippen molar-refractivity contribution < 1.29 is 19.6 Å². The zero-order valence-corrected chi connectivity index (χ0v) is 10.5. The van der Waals surface area contributed by atoms with Crippen molar-refractivity contribution in [1.29, 1.82) is 0 Å². The van der Waals surface area contributed by atoms with Crippen LogP contribution in [0, 0.1) is 10.1 Å². The quantitative estimate of drug-likeness (QED) is 0.667. The average molecular weight is 304 g/mol. The van der Waals surface area contributed by atoms with Crippen molar-refractivity contribution in [2.75, 3.05) is 0 Å². The van der Waals surface area contributed by atoms with Gasteiger partial charge in [0, 0.05) is 10.5 Å². The molecule has 0 saturated heterocycles. The lowest BCUT2D eigenvalue weighted by Gasteiger charge is -2.13. The Kier molecular flexibility index (Phi) is 4.45. The van der Waals surface area contributed by atoms with Crippen LogP contribution in [0.25, 0.3) is 0 Å². The molecule has 0 aromatic heterocycles. The van der Waals surface area contributed by atoms with E-state index in [4.69, 9.17) is 9.84 Å². The molecule has 0 bridgehead atoms. The summed E-state index contributed by atoms with van der Waals surface area (Å²) in [5, 5.41) is 19.4. The van der Waals surface area contributed by atoms with Gasteiger partial charge in [-0.3, -0.25) is 10.1 Å². The second-order valence-corrected chi connectivity index (χ2v) is 4.17. The molecule has 6 nitrogen and oxygen atoms in total. The van der Waals surface area contributed by atoms with E-state index in [1.807, 2.05) is 0 Å². The smallest absolute Gasteiger partial charge is 0.344 e. The number of hydrogen-bond acceptors (Lipinski definition) is 4. The normalized spacial score (nSPS) is 11.9. The first-order valence-electron chi connectivity index (χ1n) is 4.78. The van der Waals surface area contributed by atoms with Crippen LogP contribution in [0.2, 0.25) is 0 Å². The zero-order valence-electron chi connectivity index (χ0n) is 8.92. The minimum atomic E-state index is -1.10. The van der Waals surface area contributed by atoms with Crippen molar-refractivity contribution in [3.05, 3.63) is 32.8 Å². The predicted molar refractivity (Wildman–Crippen MR) is 63.1 cm³/mol. The van der Waals surface area contributed by atoms with E-state index in [0.29, 0.717) is 4.47 Å². The third-order valence-electron chi connectivity index (χ3n) is 1.99. The van der Waals surface area contributed by atoms with E-state index in [1.54, 1.807) is 6.92 Å². The summed E-state index contributed by atoms with van der Waals surface area (Å²) in [6.07, 6.45) is -0.737. The monoisotopic (exact) mass is 303 g/mol. The maximum atomic E-state index is 10.8. The Bertz CT molecular complexity index is 448. The SMILES string of the molecule is CCC(Oc1cc(Br)cc([N+](=O)[O-])c1)C(=O)O. The number of aliphatic carboxylic acids is 1. The lowest BCUT2D eigenvalue weighted by atomic mass is 10.2. The maximum Gasteiger partial charge on any atom is 0.344 e. The molecular weight excluding hydrogens is 294 g/mol. The van der Waals surface area contributed by atoms with Crippen LogP contribution >= 0.6 is 15.9 Å². The van der Waals surface area contributed by atoms with Crippen molar-refractivity contribution in [2.24, 2.45) is 0 Å². The minimum Gasteiger partial charge on any atom is -0.479 e. The molecule has 1 rings (SSSR count). The van der Waals surface area contributed by atoms with Gasteiger partial charge < -0.3 is 9.84 Å². The van der Waals surface area contributed by atoms with Gasteiger partial charge in [-0.1, -0.05) is 22.9 Å². The Morgan fingerprint density at radius 1 is 1.59 bits per heavy atom. The van der Waals surface area contributed by atoms with Crippen LogP contribution in [0.15, 0.2) is 22.7 Å². The van der Waals surface area contributed by atoms with Gasteiger partial charge in [-0.25, -0.2) is 4.79 Å². The van der Waals surface area contributed by atoms with Crippen LogP contribution in [-0.2, 0) is 4.79 Å². The first kappa shape index (κ1) is 13.4. The third kappa shape index (κ3) is 3.70. The van der Waals surface area contributed by atoms with Crippen LogP contribution in [0.3, 0.4) is 0 Å². The highest BCUT2D eigenvalue weighted by Crippen LogP contribution is 2.27. The fourth-order valence-electron chi connectivity index (χ4n) is 1.19. The van der Waals surface area contributed by atoms with Gasteiger partial charge in [-0.15, -0.1) is 0 Å². The summed E-state index contributed by atoms with van der Waals surface area (Å²) in [6.45, 7) is 1.66. The molecule has 0 aliphatic rings. The molecular formula is C10H10BrNO5. The van der Waals surface area contributed by atoms with E-state index in [2.05, 4.69) is 15.9 Å². The fraction of sp³-hybridized carbons (Fsp3) is 0.300. The number of carboxylic acids is 1. The Balaban J connectivity index is 2.98. The summed E-state index contributed by atoms with van der Waals surface area (Å²) >= 11 is 3.10. The Morgan fingerprint density at radius 2 is 2.24 bits per heavy atom. The Labute approximate surface area is 105 Å². The summed E-state index contributed by atoms with van der Waals surface area (Å²) in [7, 11) is 0. The lowest BCUT2D eigenvalue weighted by Crippen LogP contribution is -2.25. The third-order valence-corrected chi connectivity index (χ3v) is 2.45. The summed E-state index contributed by atoms with van der Waals surface area (Å²) in [5.74, 6) is -0.949. The number of nitro groups is 1. The van der Waals surface area contributed by atoms with Crippen molar-refractivity contribution in [3.63, 3.8) is 0 Å². The molecule has 0 amide bonds. The number of nitrogens with zero attached hydrogens (tertiary/aromatic N) is 1. The van der Waals surface area contributed by atoms with Crippen LogP contribution < -0.4 is 4.74 Å². The number of non-ortho nitro benzene ring substituents is 1. The second kappa shape index (κ2) is 5.62. The van der Waals surface area contributed by atoms with Gasteiger partial charge in [0.1, 0.15) is 5.75 Å². The largest absolute Gasteiger partial charge is 0.479 e. The fourth-order valence-corrected chi connectivity index (χ4v) is 1.65. The van der Waals surface area contributed by atoms with E-state index < -0.39 is 17.0 Å². The standard InChI is InChI=1S/C10H10BrNO5/c1-2-9(10(13)14)17-8-4-6(11)3-7(5-8)12(15)16/h3-5,9H,2H2,1H3,(H,13,14). The number of benzene rings is 1. The molecule has 0 aliphatic heterocycles. The predicted octanol–water partition coefficient (Wildman–Crippen LogP) is 2.60. The van der Waals surface area contributed by atoms with Gasteiger partial charge in [0.2, 0.25) is 0 Å². The maximum absolute atomic E-state index is 10.8. The first-order chi connectivity index (χ1) is 7.93. The van der Waals surface area contributed by atoms with Crippen LogP contribution in [-0.4, -0.2) is 22.1 Å². The van der Waals surface area contributed by atoms with Crippen LogP contribution in [0.1, 0.15) is 13.3 Å². The molecule has 0 saturated carbocycles. The van der Waals surface area contributed by atoms with Gasteiger partial charge >= 0.3 is 5.97 Å². The molecule has 7 heteroatoms. The lowest BCUT2D eigenvalue weighted by molar-refractivity contribution is -0.385. The second-order valence-electron chi connectivity index (χ2n) is 3.26. The van der Waals surface area contributed by atoms with Gasteiger partial charge in [-0.2, -0.15) is 0 Å². The van der Waals surface area contributed by atoms with E-state index in [0.717, 1.165) is 0 Å². The molecule has 0 aliphatic carbocycles. The molecule has 1 atom stereocenters. The van der Waals surface area contributed by atoms with E-state index in [1.165, 1.54) is 18.2 Å². The average Bonchev–Trinajstić information content (AvgIpc) is 2.24. The van der Waals surface area contributed by atoms with Gasteiger partial charge in [0.25, 0.3) is 5.69 Å². The Morgan fingerprint density at radius 3 is 2.71 bits per heavy atom. The number of carbonyl (C=O) groups is 1. The van der Waals surface area contributed by atoms with Gasteiger partial charge in [0.05, 0.1) is 11.0 Å². The van der Waals surface area contributed by atoms with Gasteiger partial charge in [-0.05, 0) is 12.5 Å². The highest BCUT2D eigenvalue weighted by Gasteiger charge is 2.18. The molecule has 0 spiro atoms. The Hall–Kier alpha value is -1.63. The van der Waals surface area contributed by atoms with Crippen LogP contribution in [0.4, 0.5) is 5.69 Å². The van der Waals surface area contributed by atoms with Gasteiger partial charge in [0.15, 0.2) is 6.10 Å². The molecule has 1 N–H and O–H groups in total. The molecule has 1 unspecified atom stereocenters. The number of ether oxygens (including phenoxy) is 1. The molecule has 0 heterocycles. The van der Waals surface area contributed by atoms with E-state index >= 15 is 0 Å². The highest BCUT2D eigenvalue weighted by atomic mass is 79.9. The first-order valence-corrected chi connectivity index (χ1v) is 5.57. The minimum absolute atomic E-state index is 0.153. The van der Waals surface area contributed by atoms with E-state index in [-0.39, 0.29) is 17.9 Å². The number of nitro benzene ring substituents is 1. The van der Waals surface area contributed by atoms with Crippen molar-refractivity contribution in [2.45, 2.75) is 19.4 Å². The van der Waals surface area contributed by atoms with E-state index in [9.17, 15) is 14.9 Å². The van der Waals surface area contributed by atoms with Crippen LogP contribution in [0.5, 0.6) is 5.75 Å². The molecule has 1 aromatic carbocycles. The number of hydrogen-bond donors (Lipinski definition) is 1. The molecule has 92 valence electrons. The highest BCUT2D eigenvalue weighted by molar-refractivity contribution is 9.10. The van der Waals surface area contributed by atoms with Crippen molar-refractivity contribution in [1.82, 2.24) is 0 Å². The zero-order chi connectivity index (χ0) is 13.0. The topological polar surface area (TPSA) is 89.7 Å².